The summed E-state index contributed by atoms with van der Waals surface area (Å²) >= 11 is 0. The molecular formula is C14H23N3. The first-order chi connectivity index (χ1) is 8.18. The van der Waals surface area contributed by atoms with Crippen LogP contribution < -0.4 is 5.32 Å². The lowest BCUT2D eigenvalue weighted by molar-refractivity contribution is 0.349. The van der Waals surface area contributed by atoms with Gasteiger partial charge in [-0.05, 0) is 39.5 Å². The van der Waals surface area contributed by atoms with Gasteiger partial charge in [-0.25, -0.2) is 0 Å². The summed E-state index contributed by atoms with van der Waals surface area (Å²) in [4.78, 5) is 8.74. The first-order valence-corrected chi connectivity index (χ1v) is 6.72. The summed E-state index contributed by atoms with van der Waals surface area (Å²) in [7, 11) is 0. The van der Waals surface area contributed by atoms with E-state index in [0.717, 1.165) is 17.3 Å². The molecule has 1 saturated carbocycles. The van der Waals surface area contributed by atoms with Crippen molar-refractivity contribution in [1.82, 2.24) is 15.3 Å². The molecule has 3 heteroatoms. The smallest absolute Gasteiger partial charge is 0.0782 e. The maximum Gasteiger partial charge on any atom is 0.0782 e. The highest BCUT2D eigenvalue weighted by Crippen LogP contribution is 2.28. The van der Waals surface area contributed by atoms with E-state index < -0.39 is 0 Å². The van der Waals surface area contributed by atoms with Crippen LogP contribution in [-0.4, -0.2) is 16.0 Å². The van der Waals surface area contributed by atoms with Crippen LogP contribution in [0.25, 0.3) is 0 Å². The molecule has 1 heterocycles. The first-order valence-electron chi connectivity index (χ1n) is 6.72. The van der Waals surface area contributed by atoms with Crippen molar-refractivity contribution < 1.29 is 0 Å². The number of nitrogens with zero attached hydrogens (tertiary/aromatic N) is 2. The lowest BCUT2D eigenvalue weighted by atomic mass is 9.98. The highest BCUT2D eigenvalue weighted by atomic mass is 15.0. The van der Waals surface area contributed by atoms with Crippen LogP contribution in [0.4, 0.5) is 0 Å². The molecule has 1 aromatic heterocycles. The molecule has 0 saturated heterocycles. The molecule has 1 unspecified atom stereocenters. The molecule has 1 aromatic rings. The second kappa shape index (κ2) is 5.58. The van der Waals surface area contributed by atoms with Crippen LogP contribution in [0.15, 0.2) is 12.4 Å². The molecule has 94 valence electrons. The van der Waals surface area contributed by atoms with E-state index in [1.807, 2.05) is 6.92 Å². The van der Waals surface area contributed by atoms with Gasteiger partial charge in [-0.3, -0.25) is 9.97 Å². The lowest BCUT2D eigenvalue weighted by Crippen LogP contribution is -2.35. The highest BCUT2D eigenvalue weighted by Gasteiger charge is 2.23. The largest absolute Gasteiger partial charge is 0.306 e. The van der Waals surface area contributed by atoms with E-state index in [-0.39, 0.29) is 0 Å². The molecule has 3 nitrogen and oxygen atoms in total. The van der Waals surface area contributed by atoms with Crippen LogP contribution in [-0.2, 0) is 0 Å². The van der Waals surface area contributed by atoms with E-state index in [9.17, 15) is 0 Å². The number of nitrogens with one attached hydrogen (secondary N) is 1. The molecule has 0 spiro atoms. The summed E-state index contributed by atoms with van der Waals surface area (Å²) < 4.78 is 0. The minimum Gasteiger partial charge on any atom is -0.306 e. The number of rotatable bonds is 4. The monoisotopic (exact) mass is 233 g/mol. The molecule has 1 aliphatic rings. The van der Waals surface area contributed by atoms with E-state index in [4.69, 9.17) is 0 Å². The van der Waals surface area contributed by atoms with Crippen LogP contribution in [0, 0.1) is 12.8 Å². The molecule has 2 rings (SSSR count). The van der Waals surface area contributed by atoms with Crippen molar-refractivity contribution in [1.29, 1.82) is 0 Å². The van der Waals surface area contributed by atoms with Crippen molar-refractivity contribution in [2.24, 2.45) is 5.92 Å². The van der Waals surface area contributed by atoms with Crippen LogP contribution in [0.2, 0.25) is 0 Å². The minimum absolute atomic E-state index is 0.291. The van der Waals surface area contributed by atoms with Crippen molar-refractivity contribution in [3.63, 3.8) is 0 Å². The lowest BCUT2D eigenvalue weighted by Gasteiger charge is -2.25. The van der Waals surface area contributed by atoms with Gasteiger partial charge in [-0.15, -0.1) is 0 Å². The Hall–Kier alpha value is -0.960. The average molecular weight is 233 g/mol. The normalized spacial score (nSPS) is 20.4. The van der Waals surface area contributed by atoms with Crippen LogP contribution in [0.1, 0.15) is 57.0 Å². The van der Waals surface area contributed by atoms with Gasteiger partial charge >= 0.3 is 0 Å². The molecule has 0 aromatic carbocycles. The fraction of sp³-hybridized carbons (Fsp3) is 0.714. The molecular weight excluding hydrogens is 210 g/mol. The number of aryl methyl sites for hydroxylation is 1. The van der Waals surface area contributed by atoms with E-state index in [2.05, 4.69) is 29.1 Å². The van der Waals surface area contributed by atoms with Crippen LogP contribution in [0.3, 0.4) is 0 Å². The van der Waals surface area contributed by atoms with Crippen molar-refractivity contribution in [2.45, 2.75) is 58.5 Å². The predicted octanol–water partition coefficient (Wildman–Crippen LogP) is 3.01. The summed E-state index contributed by atoms with van der Waals surface area (Å²) in [6.45, 7) is 6.52. The van der Waals surface area contributed by atoms with Gasteiger partial charge in [-0.1, -0.05) is 12.8 Å². The topological polar surface area (TPSA) is 37.8 Å². The van der Waals surface area contributed by atoms with Crippen molar-refractivity contribution in [3.8, 4) is 0 Å². The first kappa shape index (κ1) is 12.5. The summed E-state index contributed by atoms with van der Waals surface area (Å²) in [5.41, 5.74) is 2.11. The predicted molar refractivity (Wildman–Crippen MR) is 69.7 cm³/mol. The molecule has 1 fully saturated rings. The quantitative estimate of drug-likeness (QED) is 0.868. The SMILES string of the molecule is Cc1nccnc1C(C)N[C@H](C)C1CCCC1. The van der Waals surface area contributed by atoms with Gasteiger partial charge in [0.1, 0.15) is 0 Å². The third-order valence-electron chi connectivity index (χ3n) is 3.95. The Kier molecular flexibility index (Phi) is 4.11. The van der Waals surface area contributed by atoms with Crippen molar-refractivity contribution in [2.75, 3.05) is 0 Å². The number of hydrogen-bond donors (Lipinski definition) is 1. The van der Waals surface area contributed by atoms with Gasteiger partial charge in [0, 0.05) is 24.5 Å². The fourth-order valence-electron chi connectivity index (χ4n) is 2.91. The van der Waals surface area contributed by atoms with Crippen molar-refractivity contribution in [3.05, 3.63) is 23.8 Å². The van der Waals surface area contributed by atoms with Gasteiger partial charge in [0.25, 0.3) is 0 Å². The second-order valence-electron chi connectivity index (χ2n) is 5.25. The Balaban J connectivity index is 1.96. The summed E-state index contributed by atoms with van der Waals surface area (Å²) in [6.07, 6.45) is 9.08. The molecule has 1 N–H and O–H groups in total. The molecule has 0 radical (unpaired) electrons. The maximum absolute atomic E-state index is 4.43. The zero-order valence-corrected chi connectivity index (χ0v) is 11.1. The maximum atomic E-state index is 4.43. The third kappa shape index (κ3) is 3.03. The van der Waals surface area contributed by atoms with E-state index >= 15 is 0 Å². The molecule has 0 bridgehead atoms. The van der Waals surface area contributed by atoms with Gasteiger partial charge in [-0.2, -0.15) is 0 Å². The fourth-order valence-corrected chi connectivity index (χ4v) is 2.91. The zero-order chi connectivity index (χ0) is 12.3. The average Bonchev–Trinajstić information content (AvgIpc) is 2.82. The number of aromatic nitrogens is 2. The Bertz CT molecular complexity index is 358. The van der Waals surface area contributed by atoms with Gasteiger partial charge in [0.05, 0.1) is 11.4 Å². The second-order valence-corrected chi connectivity index (χ2v) is 5.25. The highest BCUT2D eigenvalue weighted by molar-refractivity contribution is 5.12. The Morgan fingerprint density at radius 1 is 1.18 bits per heavy atom. The summed E-state index contributed by atoms with van der Waals surface area (Å²) in [6, 6.07) is 0.869. The minimum atomic E-state index is 0.291. The summed E-state index contributed by atoms with van der Waals surface area (Å²) in [5, 5.41) is 3.68. The summed E-state index contributed by atoms with van der Waals surface area (Å²) in [5.74, 6) is 0.842. The van der Waals surface area contributed by atoms with E-state index in [1.54, 1.807) is 12.4 Å². The Morgan fingerprint density at radius 3 is 2.47 bits per heavy atom. The standard InChI is InChI=1S/C14H23N3/c1-10(13-6-4-5-7-13)17-12(3)14-11(2)15-8-9-16-14/h8-10,12-13,17H,4-7H2,1-3H3/t10-,12?/m1/s1. The molecule has 0 aliphatic heterocycles. The Morgan fingerprint density at radius 2 is 1.82 bits per heavy atom. The third-order valence-corrected chi connectivity index (χ3v) is 3.95. The Labute approximate surface area is 104 Å². The van der Waals surface area contributed by atoms with Gasteiger partial charge < -0.3 is 5.32 Å². The van der Waals surface area contributed by atoms with Gasteiger partial charge in [0.15, 0.2) is 0 Å². The van der Waals surface area contributed by atoms with E-state index in [1.165, 1.54) is 25.7 Å². The van der Waals surface area contributed by atoms with Crippen LogP contribution >= 0.6 is 0 Å². The molecule has 17 heavy (non-hydrogen) atoms. The zero-order valence-electron chi connectivity index (χ0n) is 11.1. The molecule has 0 amide bonds. The number of hydrogen-bond acceptors (Lipinski definition) is 3. The van der Waals surface area contributed by atoms with E-state index in [0.29, 0.717) is 12.1 Å². The molecule has 1 aliphatic carbocycles. The van der Waals surface area contributed by atoms with Crippen LogP contribution in [0.5, 0.6) is 0 Å². The van der Waals surface area contributed by atoms with Gasteiger partial charge in [0.2, 0.25) is 0 Å². The van der Waals surface area contributed by atoms with Crippen molar-refractivity contribution >= 4 is 0 Å². The molecule has 2 atom stereocenters.